The van der Waals surface area contributed by atoms with E-state index >= 15 is 0 Å². The molecule has 0 radical (unpaired) electrons. The molecule has 1 aliphatic heterocycles. The zero-order valence-electron chi connectivity index (χ0n) is 11.7. The molecule has 2 aliphatic rings. The highest BCUT2D eigenvalue weighted by molar-refractivity contribution is 5.85. The molecule has 2 rings (SSSR count). The molecular weight excluding hydrogens is 248 g/mol. The number of rotatable bonds is 3. The van der Waals surface area contributed by atoms with Crippen LogP contribution < -0.4 is 10.6 Å². The fraction of sp³-hybridized carbons (Fsp3) is 0.929. The first-order chi connectivity index (χ1) is 8.08. The van der Waals surface area contributed by atoms with Crippen molar-refractivity contribution in [3.8, 4) is 0 Å². The van der Waals surface area contributed by atoms with Gasteiger partial charge in [0.15, 0.2) is 0 Å². The summed E-state index contributed by atoms with van der Waals surface area (Å²) in [6.07, 6.45) is 3.75. The molecule has 3 nitrogen and oxygen atoms in total. The van der Waals surface area contributed by atoms with Gasteiger partial charge in [0.1, 0.15) is 0 Å². The van der Waals surface area contributed by atoms with Gasteiger partial charge < -0.3 is 10.6 Å². The highest BCUT2D eigenvalue weighted by atomic mass is 35.5. The molecule has 3 unspecified atom stereocenters. The van der Waals surface area contributed by atoms with Crippen LogP contribution in [-0.2, 0) is 4.79 Å². The molecule has 106 valence electrons. The monoisotopic (exact) mass is 274 g/mol. The highest BCUT2D eigenvalue weighted by Crippen LogP contribution is 2.33. The van der Waals surface area contributed by atoms with Gasteiger partial charge in [-0.1, -0.05) is 27.2 Å². The molecule has 1 amide bonds. The summed E-state index contributed by atoms with van der Waals surface area (Å²) in [5, 5.41) is 6.46. The van der Waals surface area contributed by atoms with E-state index in [-0.39, 0.29) is 24.2 Å². The summed E-state index contributed by atoms with van der Waals surface area (Å²) in [5.74, 6) is 2.60. The van der Waals surface area contributed by atoms with Crippen LogP contribution in [0.25, 0.3) is 0 Å². The van der Waals surface area contributed by atoms with Crippen molar-refractivity contribution in [3.05, 3.63) is 0 Å². The molecule has 1 aliphatic carbocycles. The van der Waals surface area contributed by atoms with Crippen molar-refractivity contribution in [2.45, 2.75) is 46.1 Å². The van der Waals surface area contributed by atoms with E-state index in [9.17, 15) is 4.79 Å². The van der Waals surface area contributed by atoms with Crippen molar-refractivity contribution in [1.29, 1.82) is 0 Å². The molecule has 0 spiro atoms. The lowest BCUT2D eigenvalue weighted by Crippen LogP contribution is -2.55. The van der Waals surface area contributed by atoms with Gasteiger partial charge in [0.25, 0.3) is 0 Å². The van der Waals surface area contributed by atoms with E-state index < -0.39 is 0 Å². The zero-order chi connectivity index (χ0) is 12.4. The average Bonchev–Trinajstić information content (AvgIpc) is 2.13. The van der Waals surface area contributed by atoms with E-state index in [4.69, 9.17) is 0 Å². The Labute approximate surface area is 117 Å². The van der Waals surface area contributed by atoms with Crippen LogP contribution in [0.15, 0.2) is 0 Å². The number of carbonyl (C=O) groups is 1. The third kappa shape index (κ3) is 3.61. The molecule has 4 heteroatoms. The number of nitrogens with one attached hydrogen (secondary N) is 2. The SMILES string of the molecule is CC1CCC(C(C)C)C(NC(=O)C2CNC2)C1.Cl. The van der Waals surface area contributed by atoms with E-state index in [1.165, 1.54) is 12.8 Å². The quantitative estimate of drug-likeness (QED) is 0.828. The first-order valence-electron chi connectivity index (χ1n) is 7.09. The summed E-state index contributed by atoms with van der Waals surface area (Å²) >= 11 is 0. The fourth-order valence-corrected chi connectivity index (χ4v) is 3.14. The second kappa shape index (κ2) is 6.76. The van der Waals surface area contributed by atoms with Crippen LogP contribution in [0, 0.1) is 23.7 Å². The minimum Gasteiger partial charge on any atom is -0.353 e. The Balaban J connectivity index is 0.00000162. The number of carbonyl (C=O) groups excluding carboxylic acids is 1. The summed E-state index contributed by atoms with van der Waals surface area (Å²) in [4.78, 5) is 12.0. The summed E-state index contributed by atoms with van der Waals surface area (Å²) in [5.41, 5.74) is 0. The van der Waals surface area contributed by atoms with Gasteiger partial charge in [0.05, 0.1) is 5.92 Å². The third-order valence-electron chi connectivity index (χ3n) is 4.50. The van der Waals surface area contributed by atoms with Crippen molar-refractivity contribution in [2.75, 3.05) is 13.1 Å². The van der Waals surface area contributed by atoms with Gasteiger partial charge in [-0.3, -0.25) is 4.79 Å². The van der Waals surface area contributed by atoms with Gasteiger partial charge in [-0.25, -0.2) is 0 Å². The predicted octanol–water partition coefficient (Wildman–Crippen LogP) is 2.20. The molecule has 2 N–H and O–H groups in total. The highest BCUT2D eigenvalue weighted by Gasteiger charge is 2.34. The van der Waals surface area contributed by atoms with Gasteiger partial charge >= 0.3 is 0 Å². The first kappa shape index (κ1) is 15.8. The first-order valence-corrected chi connectivity index (χ1v) is 7.09. The van der Waals surface area contributed by atoms with E-state index in [0.717, 1.165) is 25.4 Å². The normalized spacial score (nSPS) is 32.6. The molecule has 18 heavy (non-hydrogen) atoms. The van der Waals surface area contributed by atoms with Crippen molar-refractivity contribution in [3.63, 3.8) is 0 Å². The Morgan fingerprint density at radius 1 is 1.28 bits per heavy atom. The van der Waals surface area contributed by atoms with Gasteiger partial charge in [0.2, 0.25) is 5.91 Å². The standard InChI is InChI=1S/C14H26N2O.ClH/c1-9(2)12-5-4-10(3)6-13(12)16-14(17)11-7-15-8-11;/h9-13,15H,4-8H2,1-3H3,(H,16,17);1H. The van der Waals surface area contributed by atoms with Crippen LogP contribution in [0.4, 0.5) is 0 Å². The molecule has 1 saturated carbocycles. The fourth-order valence-electron chi connectivity index (χ4n) is 3.14. The van der Waals surface area contributed by atoms with E-state index in [0.29, 0.717) is 17.9 Å². The van der Waals surface area contributed by atoms with Gasteiger partial charge in [-0.05, 0) is 30.6 Å². The van der Waals surface area contributed by atoms with Crippen LogP contribution in [0.2, 0.25) is 0 Å². The van der Waals surface area contributed by atoms with Gasteiger partial charge in [-0.2, -0.15) is 0 Å². The van der Waals surface area contributed by atoms with Crippen molar-refractivity contribution < 1.29 is 4.79 Å². The average molecular weight is 275 g/mol. The lowest BCUT2D eigenvalue weighted by atomic mass is 9.74. The number of halogens is 1. The Bertz CT molecular complexity index is 279. The molecule has 1 saturated heterocycles. The number of hydrogen-bond donors (Lipinski definition) is 2. The molecule has 0 bridgehead atoms. The summed E-state index contributed by atoms with van der Waals surface area (Å²) in [6, 6.07) is 0.409. The van der Waals surface area contributed by atoms with E-state index in [1.807, 2.05) is 0 Å². The molecule has 0 aromatic rings. The zero-order valence-corrected chi connectivity index (χ0v) is 12.6. The second-order valence-corrected chi connectivity index (χ2v) is 6.30. The van der Waals surface area contributed by atoms with Crippen LogP contribution in [0.5, 0.6) is 0 Å². The minimum absolute atomic E-state index is 0. The Morgan fingerprint density at radius 3 is 2.44 bits per heavy atom. The lowest BCUT2D eigenvalue weighted by Gasteiger charge is -2.39. The Morgan fingerprint density at radius 2 is 1.94 bits per heavy atom. The van der Waals surface area contributed by atoms with Crippen LogP contribution in [0.3, 0.4) is 0 Å². The molecule has 0 aromatic heterocycles. The topological polar surface area (TPSA) is 41.1 Å². The van der Waals surface area contributed by atoms with Crippen molar-refractivity contribution in [1.82, 2.24) is 10.6 Å². The Hall–Kier alpha value is -0.280. The maximum atomic E-state index is 12.0. The minimum atomic E-state index is 0. The summed E-state index contributed by atoms with van der Waals surface area (Å²) < 4.78 is 0. The molecule has 1 heterocycles. The lowest BCUT2D eigenvalue weighted by molar-refractivity contribution is -0.128. The molecule has 3 atom stereocenters. The molecule has 0 aromatic carbocycles. The van der Waals surface area contributed by atoms with Gasteiger partial charge in [-0.15, -0.1) is 12.4 Å². The van der Waals surface area contributed by atoms with Gasteiger partial charge in [0, 0.05) is 19.1 Å². The summed E-state index contributed by atoms with van der Waals surface area (Å²) in [6.45, 7) is 8.59. The maximum Gasteiger partial charge on any atom is 0.225 e. The summed E-state index contributed by atoms with van der Waals surface area (Å²) in [7, 11) is 0. The predicted molar refractivity (Wildman–Crippen MR) is 76.9 cm³/mol. The number of amides is 1. The van der Waals surface area contributed by atoms with E-state index in [2.05, 4.69) is 31.4 Å². The third-order valence-corrected chi connectivity index (χ3v) is 4.50. The van der Waals surface area contributed by atoms with Crippen molar-refractivity contribution in [2.24, 2.45) is 23.7 Å². The van der Waals surface area contributed by atoms with E-state index in [1.54, 1.807) is 0 Å². The molecule has 2 fully saturated rings. The van der Waals surface area contributed by atoms with Crippen LogP contribution >= 0.6 is 12.4 Å². The second-order valence-electron chi connectivity index (χ2n) is 6.30. The van der Waals surface area contributed by atoms with Crippen molar-refractivity contribution >= 4 is 18.3 Å². The van der Waals surface area contributed by atoms with Crippen LogP contribution in [0.1, 0.15) is 40.0 Å². The molecular formula is C14H27ClN2O. The smallest absolute Gasteiger partial charge is 0.225 e. The Kier molecular flexibility index (Phi) is 5.93. The number of hydrogen-bond acceptors (Lipinski definition) is 2. The van der Waals surface area contributed by atoms with Crippen LogP contribution in [-0.4, -0.2) is 25.0 Å². The maximum absolute atomic E-state index is 12.0. The largest absolute Gasteiger partial charge is 0.353 e.